The third-order valence-corrected chi connectivity index (χ3v) is 4.89. The summed E-state index contributed by atoms with van der Waals surface area (Å²) in [6.45, 7) is 1.18. The van der Waals surface area contributed by atoms with E-state index in [1.165, 1.54) is 16.5 Å². The van der Waals surface area contributed by atoms with E-state index in [1.807, 2.05) is 17.0 Å². The molecule has 1 fully saturated rings. The second-order valence-electron chi connectivity index (χ2n) is 6.67. The van der Waals surface area contributed by atoms with Crippen molar-refractivity contribution in [1.82, 2.24) is 19.3 Å². The topological polar surface area (TPSA) is 108 Å². The quantitative estimate of drug-likeness (QED) is 0.712. The van der Waals surface area contributed by atoms with Crippen LogP contribution in [0.5, 0.6) is 5.75 Å². The van der Waals surface area contributed by atoms with Gasteiger partial charge in [0.25, 0.3) is 5.56 Å². The molecule has 0 spiro atoms. The summed E-state index contributed by atoms with van der Waals surface area (Å²) in [6, 6.07) is 9.93. The molecule has 0 aromatic carbocycles. The van der Waals surface area contributed by atoms with E-state index in [9.17, 15) is 19.8 Å². The molecule has 2 atom stereocenters. The number of hydrogen-bond donors (Lipinski definition) is 2. The predicted octanol–water partition coefficient (Wildman–Crippen LogP) is 1.10. The molecule has 4 heterocycles. The second-order valence-corrected chi connectivity index (χ2v) is 6.67. The SMILES string of the molecule is O=C(O)[C@@H]1CN(Cc2cc(=O)n3cccc(O)c3n2)C[C@H]1c1ccccn1. The number of fused-ring (bicyclic) bond motifs is 1. The zero-order chi connectivity index (χ0) is 19.0. The molecular formula is C19H18N4O4. The fourth-order valence-electron chi connectivity index (χ4n) is 3.63. The van der Waals surface area contributed by atoms with Gasteiger partial charge in [0.05, 0.1) is 11.6 Å². The highest BCUT2D eigenvalue weighted by Gasteiger charge is 2.39. The fourth-order valence-corrected chi connectivity index (χ4v) is 3.63. The largest absolute Gasteiger partial charge is 0.504 e. The van der Waals surface area contributed by atoms with Crippen molar-refractivity contribution >= 4 is 11.6 Å². The molecule has 0 saturated carbocycles. The van der Waals surface area contributed by atoms with Crippen LogP contribution in [0.2, 0.25) is 0 Å². The maximum atomic E-state index is 12.3. The number of aromatic hydroxyl groups is 1. The van der Waals surface area contributed by atoms with Crippen molar-refractivity contribution < 1.29 is 15.0 Å². The average molecular weight is 366 g/mol. The molecule has 8 nitrogen and oxygen atoms in total. The molecule has 3 aromatic heterocycles. The second kappa shape index (κ2) is 6.81. The van der Waals surface area contributed by atoms with Gasteiger partial charge in [-0.2, -0.15) is 0 Å². The molecule has 1 aliphatic rings. The Bertz CT molecular complexity index is 1050. The minimum Gasteiger partial charge on any atom is -0.504 e. The first-order valence-electron chi connectivity index (χ1n) is 8.59. The molecule has 3 aromatic rings. The summed E-state index contributed by atoms with van der Waals surface area (Å²) in [5.41, 5.74) is 1.14. The van der Waals surface area contributed by atoms with Crippen LogP contribution in [-0.2, 0) is 11.3 Å². The maximum Gasteiger partial charge on any atom is 0.308 e. The highest BCUT2D eigenvalue weighted by Crippen LogP contribution is 2.32. The van der Waals surface area contributed by atoms with Crippen molar-refractivity contribution in [3.8, 4) is 5.75 Å². The van der Waals surface area contributed by atoms with Crippen LogP contribution in [-0.4, -0.2) is 48.5 Å². The van der Waals surface area contributed by atoms with Gasteiger partial charge >= 0.3 is 5.97 Å². The van der Waals surface area contributed by atoms with Gasteiger partial charge < -0.3 is 10.2 Å². The minimum absolute atomic E-state index is 0.0763. The summed E-state index contributed by atoms with van der Waals surface area (Å²) in [4.78, 5) is 34.6. The molecule has 27 heavy (non-hydrogen) atoms. The van der Waals surface area contributed by atoms with Crippen molar-refractivity contribution in [2.75, 3.05) is 13.1 Å². The molecule has 0 unspecified atom stereocenters. The number of aromatic nitrogens is 3. The molecule has 1 saturated heterocycles. The van der Waals surface area contributed by atoms with Gasteiger partial charge in [0.2, 0.25) is 0 Å². The van der Waals surface area contributed by atoms with Gasteiger partial charge in [0.15, 0.2) is 11.4 Å². The van der Waals surface area contributed by atoms with Crippen molar-refractivity contribution in [2.45, 2.75) is 12.5 Å². The normalized spacial score (nSPS) is 20.1. The summed E-state index contributed by atoms with van der Waals surface area (Å²) in [5.74, 6) is -1.74. The number of nitrogens with zero attached hydrogens (tertiary/aromatic N) is 4. The smallest absolute Gasteiger partial charge is 0.308 e. The molecule has 0 aliphatic carbocycles. The third-order valence-electron chi connectivity index (χ3n) is 4.89. The third kappa shape index (κ3) is 3.26. The lowest BCUT2D eigenvalue weighted by Crippen LogP contribution is -2.25. The van der Waals surface area contributed by atoms with Crippen LogP contribution in [0.4, 0.5) is 0 Å². The summed E-state index contributed by atoms with van der Waals surface area (Å²) in [6.07, 6.45) is 3.20. The Hall–Kier alpha value is -3.26. The van der Waals surface area contributed by atoms with E-state index in [4.69, 9.17) is 0 Å². The molecule has 0 radical (unpaired) electrons. The Morgan fingerprint density at radius 1 is 1.22 bits per heavy atom. The number of carbonyl (C=O) groups is 1. The van der Waals surface area contributed by atoms with Crippen LogP contribution in [0.3, 0.4) is 0 Å². The lowest BCUT2D eigenvalue weighted by atomic mass is 9.93. The highest BCUT2D eigenvalue weighted by atomic mass is 16.4. The molecular weight excluding hydrogens is 348 g/mol. The Balaban J connectivity index is 1.62. The van der Waals surface area contributed by atoms with E-state index in [0.29, 0.717) is 25.3 Å². The highest BCUT2D eigenvalue weighted by molar-refractivity contribution is 5.72. The van der Waals surface area contributed by atoms with Crippen LogP contribution in [0.25, 0.3) is 5.65 Å². The molecule has 4 rings (SSSR count). The number of aliphatic carboxylic acids is 1. The average Bonchev–Trinajstić information content (AvgIpc) is 3.08. The number of rotatable bonds is 4. The number of hydrogen-bond acceptors (Lipinski definition) is 6. The standard InChI is InChI=1S/C19H18N4O4/c24-16-5-3-7-23-17(25)8-12(21-18(16)23)9-22-10-13(14(11-22)19(26)27)15-4-1-2-6-20-15/h1-8,13-14,24H,9-11H2,(H,26,27)/t13-,14-/m1/s1. The first-order chi connectivity index (χ1) is 13.0. The molecule has 2 N–H and O–H groups in total. The van der Waals surface area contributed by atoms with Gasteiger partial charge in [0, 0.05) is 49.7 Å². The fraction of sp³-hybridized carbons (Fsp3) is 0.263. The maximum absolute atomic E-state index is 12.3. The number of pyridine rings is 2. The number of carboxylic acids is 1. The van der Waals surface area contributed by atoms with E-state index < -0.39 is 11.9 Å². The molecule has 1 aliphatic heterocycles. The summed E-state index contributed by atoms with van der Waals surface area (Å²) in [7, 11) is 0. The van der Waals surface area contributed by atoms with Crippen LogP contribution in [0, 0.1) is 5.92 Å². The van der Waals surface area contributed by atoms with Crippen molar-refractivity contribution in [1.29, 1.82) is 0 Å². The van der Waals surface area contributed by atoms with Gasteiger partial charge in [-0.25, -0.2) is 4.98 Å². The lowest BCUT2D eigenvalue weighted by Gasteiger charge is -2.15. The molecule has 8 heteroatoms. The summed E-state index contributed by atoms with van der Waals surface area (Å²) < 4.78 is 1.28. The van der Waals surface area contributed by atoms with E-state index in [-0.39, 0.29) is 22.9 Å². The van der Waals surface area contributed by atoms with Gasteiger partial charge in [0.1, 0.15) is 0 Å². The van der Waals surface area contributed by atoms with Crippen LogP contribution >= 0.6 is 0 Å². The Kier molecular flexibility index (Phi) is 4.33. The molecule has 138 valence electrons. The molecule has 0 amide bonds. The first-order valence-corrected chi connectivity index (χ1v) is 8.59. The predicted molar refractivity (Wildman–Crippen MR) is 96.5 cm³/mol. The lowest BCUT2D eigenvalue weighted by molar-refractivity contribution is -0.141. The minimum atomic E-state index is -0.864. The van der Waals surface area contributed by atoms with E-state index in [0.717, 1.165) is 5.69 Å². The summed E-state index contributed by atoms with van der Waals surface area (Å²) in [5, 5.41) is 19.6. The Morgan fingerprint density at radius 3 is 2.81 bits per heavy atom. The number of carboxylic acid groups (broad SMARTS) is 1. The summed E-state index contributed by atoms with van der Waals surface area (Å²) >= 11 is 0. The monoisotopic (exact) mass is 366 g/mol. The van der Waals surface area contributed by atoms with Gasteiger partial charge in [-0.3, -0.25) is 23.9 Å². The van der Waals surface area contributed by atoms with Gasteiger partial charge in [-0.05, 0) is 24.3 Å². The molecule has 0 bridgehead atoms. The first kappa shape index (κ1) is 17.2. The number of likely N-dealkylation sites (tertiary alicyclic amines) is 1. The van der Waals surface area contributed by atoms with E-state index in [2.05, 4.69) is 9.97 Å². The Labute approximate surface area is 154 Å². The van der Waals surface area contributed by atoms with Crippen LogP contribution < -0.4 is 5.56 Å². The van der Waals surface area contributed by atoms with Crippen molar-refractivity contribution in [3.63, 3.8) is 0 Å². The van der Waals surface area contributed by atoms with Crippen molar-refractivity contribution in [3.05, 3.63) is 70.5 Å². The Morgan fingerprint density at radius 2 is 2.07 bits per heavy atom. The van der Waals surface area contributed by atoms with Crippen molar-refractivity contribution in [2.24, 2.45) is 5.92 Å². The van der Waals surface area contributed by atoms with Gasteiger partial charge in [-0.1, -0.05) is 6.07 Å². The van der Waals surface area contributed by atoms with Crippen LogP contribution in [0.1, 0.15) is 17.3 Å². The van der Waals surface area contributed by atoms with E-state index in [1.54, 1.807) is 24.5 Å². The zero-order valence-corrected chi connectivity index (χ0v) is 14.4. The van der Waals surface area contributed by atoms with E-state index >= 15 is 0 Å². The van der Waals surface area contributed by atoms with Gasteiger partial charge in [-0.15, -0.1) is 0 Å². The van der Waals surface area contributed by atoms with Crippen LogP contribution in [0.15, 0.2) is 53.6 Å². The zero-order valence-electron chi connectivity index (χ0n) is 14.4.